The summed E-state index contributed by atoms with van der Waals surface area (Å²) in [5.41, 5.74) is 0.467. The van der Waals surface area contributed by atoms with Crippen molar-refractivity contribution in [3.63, 3.8) is 0 Å². The third kappa shape index (κ3) is 6.12. The molecular formula is C18H22Cl2N5O4+. The zero-order valence-electron chi connectivity index (χ0n) is 16.4. The number of carbonyl (C=O) groups excluding carboxylic acids is 3. The lowest BCUT2D eigenvalue weighted by Gasteiger charge is -2.12. The van der Waals surface area contributed by atoms with Gasteiger partial charge >= 0.3 is 29.8 Å². The van der Waals surface area contributed by atoms with Crippen LogP contribution in [0.15, 0.2) is 18.2 Å². The average molecular weight is 443 g/mol. The number of halogens is 2. The average Bonchev–Trinajstić information content (AvgIpc) is 2.90. The largest absolute Gasteiger partial charge is 0.452 e. The summed E-state index contributed by atoms with van der Waals surface area (Å²) in [6.45, 7) is 7.45. The highest BCUT2D eigenvalue weighted by Gasteiger charge is 2.43. The van der Waals surface area contributed by atoms with Gasteiger partial charge in [0.15, 0.2) is 0 Å². The number of alkyl carbamates (subject to hydrolysis) is 1. The minimum Gasteiger partial charge on any atom is -0.442 e. The molecule has 1 aliphatic heterocycles. The number of nitrogens with zero attached hydrogens (tertiary/aromatic N) is 2. The molecular weight excluding hydrogens is 421 g/mol. The van der Waals surface area contributed by atoms with E-state index in [-0.39, 0.29) is 30.5 Å². The molecule has 1 saturated heterocycles. The van der Waals surface area contributed by atoms with Gasteiger partial charge in [0.25, 0.3) is 0 Å². The lowest BCUT2D eigenvalue weighted by molar-refractivity contribution is -0.140. The first kappa shape index (κ1) is 22.5. The number of anilines is 1. The van der Waals surface area contributed by atoms with Crippen LogP contribution in [-0.2, 0) is 14.3 Å². The van der Waals surface area contributed by atoms with Crippen LogP contribution in [0.3, 0.4) is 0 Å². The van der Waals surface area contributed by atoms with E-state index in [9.17, 15) is 14.4 Å². The second kappa shape index (κ2) is 9.65. The van der Waals surface area contributed by atoms with Gasteiger partial charge < -0.3 is 4.74 Å². The van der Waals surface area contributed by atoms with Crippen molar-refractivity contribution in [3.8, 4) is 0 Å². The minimum atomic E-state index is -0.811. The summed E-state index contributed by atoms with van der Waals surface area (Å²) in [5.74, 6) is -1.51. The first-order valence-electron chi connectivity index (χ1n) is 8.84. The van der Waals surface area contributed by atoms with Gasteiger partial charge in [-0.1, -0.05) is 37.0 Å². The number of guanidine groups is 2. The predicted molar refractivity (Wildman–Crippen MR) is 112 cm³/mol. The van der Waals surface area contributed by atoms with Crippen LogP contribution in [0, 0.1) is 5.92 Å². The summed E-state index contributed by atoms with van der Waals surface area (Å²) in [5, 5.41) is 8.36. The lowest BCUT2D eigenvalue weighted by Crippen LogP contribution is -2.44. The van der Waals surface area contributed by atoms with Crippen molar-refractivity contribution in [2.24, 2.45) is 5.92 Å². The predicted octanol–water partition coefficient (Wildman–Crippen LogP) is 1.93. The van der Waals surface area contributed by atoms with E-state index >= 15 is 0 Å². The summed E-state index contributed by atoms with van der Waals surface area (Å²) in [4.78, 5) is 37.1. The van der Waals surface area contributed by atoms with Crippen molar-refractivity contribution in [2.45, 2.75) is 33.7 Å². The van der Waals surface area contributed by atoms with E-state index in [0.717, 1.165) is 0 Å². The van der Waals surface area contributed by atoms with Gasteiger partial charge in [0.05, 0.1) is 28.4 Å². The van der Waals surface area contributed by atoms with Gasteiger partial charge in [0, 0.05) is 0 Å². The molecule has 1 aliphatic rings. The Bertz CT molecular complexity index is 894. The molecule has 1 aromatic rings. The third-order valence-corrected chi connectivity index (χ3v) is 4.29. The second-order valence-electron chi connectivity index (χ2n) is 6.88. The van der Waals surface area contributed by atoms with Crippen LogP contribution in [0.5, 0.6) is 0 Å². The molecule has 3 N–H and O–H groups in total. The Morgan fingerprint density at radius 2 is 1.90 bits per heavy atom. The van der Waals surface area contributed by atoms with Gasteiger partial charge in [-0.15, -0.1) is 0 Å². The van der Waals surface area contributed by atoms with Gasteiger partial charge in [0.1, 0.15) is 0 Å². The van der Waals surface area contributed by atoms with Crippen molar-refractivity contribution in [2.75, 3.05) is 11.9 Å². The van der Waals surface area contributed by atoms with Gasteiger partial charge in [-0.05, 0) is 38.0 Å². The number of rotatable bonds is 4. The smallest absolute Gasteiger partial charge is 0.442 e. The molecule has 1 aromatic carbocycles. The quantitative estimate of drug-likeness (QED) is 0.285. The van der Waals surface area contributed by atoms with Gasteiger partial charge in [0.2, 0.25) is 0 Å². The molecule has 0 aromatic heterocycles. The number of nitrogens with one attached hydrogen (secondary N) is 3. The lowest BCUT2D eigenvalue weighted by atomic mass is 10.2. The summed E-state index contributed by atoms with van der Waals surface area (Å²) in [6.07, 6.45) is -0.752. The molecule has 0 unspecified atom stereocenters. The SMILES string of the molecule is CC(C)COC(=O)NC(=[N+]=C1NC(=O)C(=O)N1C(C)C)Nc1ccc(Cl)c(Cl)c1. The first-order valence-corrected chi connectivity index (χ1v) is 9.60. The zero-order valence-corrected chi connectivity index (χ0v) is 17.9. The maximum Gasteiger partial charge on any atom is 0.452 e. The van der Waals surface area contributed by atoms with E-state index in [1.165, 1.54) is 11.0 Å². The van der Waals surface area contributed by atoms with E-state index in [1.807, 2.05) is 13.8 Å². The van der Waals surface area contributed by atoms with Crippen molar-refractivity contribution < 1.29 is 19.1 Å². The fourth-order valence-electron chi connectivity index (χ4n) is 2.26. The van der Waals surface area contributed by atoms with E-state index in [2.05, 4.69) is 20.6 Å². The van der Waals surface area contributed by atoms with Crippen LogP contribution in [0.1, 0.15) is 27.7 Å². The molecule has 0 aliphatic carbocycles. The molecule has 3 amide bonds. The molecule has 29 heavy (non-hydrogen) atoms. The molecule has 2 rings (SSSR count). The Morgan fingerprint density at radius 1 is 1.21 bits per heavy atom. The summed E-state index contributed by atoms with van der Waals surface area (Å²) >= 11 is 11.9. The van der Waals surface area contributed by atoms with Crippen LogP contribution in [0.2, 0.25) is 10.0 Å². The molecule has 9 nitrogen and oxygen atoms in total. The van der Waals surface area contributed by atoms with Crippen molar-refractivity contribution in [3.05, 3.63) is 28.2 Å². The highest BCUT2D eigenvalue weighted by atomic mass is 35.5. The van der Waals surface area contributed by atoms with Gasteiger partial charge in [-0.2, -0.15) is 5.32 Å². The number of ether oxygens (including phenoxy) is 1. The standard InChI is InChI=1S/C18H21Cl2N5O4/c1-9(2)8-29-18(28)24-16(21-11-5-6-12(19)13(20)7-11)23-17-22-14(26)15(27)25(17)10(3)4/h5-7,9-10H,8H2,1-4H3,(H2,21,22,23,24,26,28)/p+1. The molecule has 0 radical (unpaired) electrons. The molecule has 1 heterocycles. The molecule has 0 saturated carbocycles. The van der Waals surface area contributed by atoms with Crippen molar-refractivity contribution in [1.29, 1.82) is 0 Å². The fraction of sp³-hybridized carbons (Fsp3) is 0.389. The van der Waals surface area contributed by atoms with Crippen LogP contribution >= 0.6 is 23.2 Å². The van der Waals surface area contributed by atoms with Crippen LogP contribution in [0.25, 0.3) is 0 Å². The van der Waals surface area contributed by atoms with E-state index < -0.39 is 17.9 Å². The summed E-state index contributed by atoms with van der Waals surface area (Å²) in [6, 6.07) is 4.38. The molecule has 11 heteroatoms. The zero-order chi connectivity index (χ0) is 21.7. The molecule has 0 bridgehead atoms. The summed E-state index contributed by atoms with van der Waals surface area (Å²) in [7, 11) is 0. The van der Waals surface area contributed by atoms with E-state index in [4.69, 9.17) is 27.9 Å². The number of benzene rings is 1. The second-order valence-corrected chi connectivity index (χ2v) is 7.69. The number of carbonyl (C=O) groups is 3. The maximum atomic E-state index is 12.1. The number of hydrogen-bond donors (Lipinski definition) is 3. The third-order valence-electron chi connectivity index (χ3n) is 3.55. The Labute approximate surface area is 178 Å². The fourth-order valence-corrected chi connectivity index (χ4v) is 2.56. The highest BCUT2D eigenvalue weighted by Crippen LogP contribution is 2.24. The minimum absolute atomic E-state index is 0.0262. The van der Waals surface area contributed by atoms with E-state index in [1.54, 1.807) is 26.0 Å². The topological polar surface area (TPSA) is 114 Å². The maximum absolute atomic E-state index is 12.1. The summed E-state index contributed by atoms with van der Waals surface area (Å²) < 4.78 is 9.30. The number of hydrogen-bond acceptors (Lipinski definition) is 4. The first-order chi connectivity index (χ1) is 13.6. The highest BCUT2D eigenvalue weighted by molar-refractivity contribution is 6.45. The molecule has 0 spiro atoms. The van der Waals surface area contributed by atoms with Crippen LogP contribution in [0.4, 0.5) is 10.5 Å². The van der Waals surface area contributed by atoms with Crippen LogP contribution < -0.4 is 20.6 Å². The Hall–Kier alpha value is -2.74. The van der Waals surface area contributed by atoms with Crippen molar-refractivity contribution >= 4 is 58.7 Å². The van der Waals surface area contributed by atoms with E-state index in [0.29, 0.717) is 15.7 Å². The normalized spacial score (nSPS) is 13.5. The Kier molecular flexibility index (Phi) is 7.50. The molecule has 0 atom stereocenters. The van der Waals surface area contributed by atoms with Gasteiger partial charge in [-0.3, -0.25) is 14.9 Å². The molecule has 1 fully saturated rings. The Morgan fingerprint density at radius 3 is 2.48 bits per heavy atom. The number of amides is 3. The van der Waals surface area contributed by atoms with Gasteiger partial charge in [-0.25, -0.2) is 19.7 Å². The monoisotopic (exact) mass is 442 g/mol. The molecule has 156 valence electrons. The van der Waals surface area contributed by atoms with Crippen molar-refractivity contribution in [1.82, 2.24) is 20.2 Å². The van der Waals surface area contributed by atoms with Crippen LogP contribution in [-0.4, -0.2) is 47.4 Å². The Balaban J connectivity index is 2.40.